The summed E-state index contributed by atoms with van der Waals surface area (Å²) in [4.78, 5) is 14.6. The molecule has 0 saturated heterocycles. The van der Waals surface area contributed by atoms with Gasteiger partial charge in [-0.1, -0.05) is 12.1 Å². The predicted molar refractivity (Wildman–Crippen MR) is 70.6 cm³/mol. The van der Waals surface area contributed by atoms with Crippen molar-refractivity contribution in [3.05, 3.63) is 51.1 Å². The van der Waals surface area contributed by atoms with E-state index in [1.807, 2.05) is 0 Å². The van der Waals surface area contributed by atoms with Crippen LogP contribution in [0.2, 0.25) is 0 Å². The summed E-state index contributed by atoms with van der Waals surface area (Å²) >= 11 is 3.28. The van der Waals surface area contributed by atoms with E-state index < -0.39 is 4.92 Å². The fourth-order valence-electron chi connectivity index (χ4n) is 1.51. The minimum atomic E-state index is -0.429. The van der Waals surface area contributed by atoms with Gasteiger partial charge in [-0.2, -0.15) is 0 Å². The molecule has 0 amide bonds. The number of pyridine rings is 1. The number of nitrogens with zero attached hydrogens (tertiary/aromatic N) is 2. The molecule has 0 saturated carbocycles. The van der Waals surface area contributed by atoms with Crippen LogP contribution < -0.4 is 4.74 Å². The maximum Gasteiger partial charge on any atom is 0.270 e. The molecule has 1 heterocycles. The normalized spacial score (nSPS) is 10.1. The Bertz CT molecular complexity index is 602. The van der Waals surface area contributed by atoms with Gasteiger partial charge in [-0.25, -0.2) is 4.98 Å². The zero-order valence-corrected chi connectivity index (χ0v) is 11.0. The Morgan fingerprint density at radius 2 is 2.11 bits per heavy atom. The van der Waals surface area contributed by atoms with E-state index in [1.165, 1.54) is 12.1 Å². The lowest BCUT2D eigenvalue weighted by molar-refractivity contribution is -0.384. The second-order valence-electron chi connectivity index (χ2n) is 3.50. The Hall–Kier alpha value is -1.95. The highest BCUT2D eigenvalue weighted by molar-refractivity contribution is 9.10. The van der Waals surface area contributed by atoms with Crippen molar-refractivity contribution in [2.75, 3.05) is 7.11 Å². The molecule has 6 heteroatoms. The lowest BCUT2D eigenvalue weighted by atomic mass is 10.1. The van der Waals surface area contributed by atoms with Crippen molar-refractivity contribution in [2.24, 2.45) is 0 Å². The average molecular weight is 309 g/mol. The van der Waals surface area contributed by atoms with Crippen molar-refractivity contribution < 1.29 is 9.66 Å². The third-order valence-corrected chi connectivity index (χ3v) is 2.96. The van der Waals surface area contributed by atoms with E-state index in [-0.39, 0.29) is 5.69 Å². The third kappa shape index (κ3) is 2.48. The number of halogens is 1. The number of benzene rings is 1. The first-order valence-corrected chi connectivity index (χ1v) is 5.86. The van der Waals surface area contributed by atoms with Crippen LogP contribution >= 0.6 is 15.9 Å². The fraction of sp³-hybridized carbons (Fsp3) is 0.0833. The van der Waals surface area contributed by atoms with E-state index in [0.29, 0.717) is 21.6 Å². The molecule has 2 aromatic rings. The lowest BCUT2D eigenvalue weighted by Crippen LogP contribution is -1.91. The highest BCUT2D eigenvalue weighted by atomic mass is 79.9. The van der Waals surface area contributed by atoms with Gasteiger partial charge in [0, 0.05) is 17.7 Å². The minimum absolute atomic E-state index is 0.0428. The topological polar surface area (TPSA) is 65.3 Å². The molecule has 0 radical (unpaired) electrons. The van der Waals surface area contributed by atoms with Crippen LogP contribution in [0.25, 0.3) is 11.3 Å². The molecule has 0 atom stereocenters. The van der Waals surface area contributed by atoms with Gasteiger partial charge < -0.3 is 4.74 Å². The van der Waals surface area contributed by atoms with Gasteiger partial charge in [-0.3, -0.25) is 10.1 Å². The molecule has 2 rings (SSSR count). The van der Waals surface area contributed by atoms with E-state index in [0.717, 1.165) is 0 Å². The molecule has 0 bridgehead atoms. The van der Waals surface area contributed by atoms with Crippen molar-refractivity contribution in [3.8, 4) is 17.0 Å². The molecule has 0 N–H and O–H groups in total. The summed E-state index contributed by atoms with van der Waals surface area (Å²) in [5, 5.41) is 10.7. The third-order valence-electron chi connectivity index (χ3n) is 2.39. The Labute approximate surface area is 112 Å². The van der Waals surface area contributed by atoms with Gasteiger partial charge >= 0.3 is 0 Å². The number of nitro groups is 1. The molecule has 5 nitrogen and oxygen atoms in total. The first-order valence-electron chi connectivity index (χ1n) is 5.07. The Balaban J connectivity index is 2.45. The maximum atomic E-state index is 10.7. The van der Waals surface area contributed by atoms with Gasteiger partial charge in [0.25, 0.3) is 5.69 Å². The Morgan fingerprint density at radius 1 is 1.33 bits per heavy atom. The first-order chi connectivity index (χ1) is 8.61. The molecule has 0 aliphatic carbocycles. The highest BCUT2D eigenvalue weighted by Crippen LogP contribution is 2.28. The largest absolute Gasteiger partial charge is 0.494 e. The summed E-state index contributed by atoms with van der Waals surface area (Å²) < 4.78 is 5.64. The van der Waals surface area contributed by atoms with E-state index in [2.05, 4.69) is 20.9 Å². The summed E-state index contributed by atoms with van der Waals surface area (Å²) in [5.41, 5.74) is 1.38. The second-order valence-corrected chi connectivity index (χ2v) is 4.25. The number of methoxy groups -OCH3 is 1. The van der Waals surface area contributed by atoms with Crippen LogP contribution in [0, 0.1) is 10.1 Å². The first kappa shape index (κ1) is 12.5. The summed E-state index contributed by atoms with van der Waals surface area (Å²) in [6.45, 7) is 0. The van der Waals surface area contributed by atoms with E-state index >= 15 is 0 Å². The lowest BCUT2D eigenvalue weighted by Gasteiger charge is -2.05. The minimum Gasteiger partial charge on any atom is -0.494 e. The zero-order valence-electron chi connectivity index (χ0n) is 9.46. The van der Waals surface area contributed by atoms with Gasteiger partial charge in [0.15, 0.2) is 5.75 Å². The monoisotopic (exact) mass is 308 g/mol. The summed E-state index contributed by atoms with van der Waals surface area (Å²) in [5.74, 6) is 0.615. The maximum absolute atomic E-state index is 10.7. The van der Waals surface area contributed by atoms with Crippen LogP contribution in [0.4, 0.5) is 5.69 Å². The van der Waals surface area contributed by atoms with E-state index in [4.69, 9.17) is 4.74 Å². The van der Waals surface area contributed by atoms with Crippen LogP contribution in [0.15, 0.2) is 41.0 Å². The van der Waals surface area contributed by atoms with Gasteiger partial charge in [-0.15, -0.1) is 0 Å². The van der Waals surface area contributed by atoms with Crippen LogP contribution in [-0.4, -0.2) is 17.0 Å². The summed E-state index contributed by atoms with van der Waals surface area (Å²) in [6, 6.07) is 9.85. The standard InChI is InChI=1S/C12H9BrN2O3/c1-18-11-6-5-10(14-12(11)13)8-3-2-4-9(7-8)15(16)17/h2-7H,1H3. The zero-order chi connectivity index (χ0) is 13.1. The highest BCUT2D eigenvalue weighted by Gasteiger charge is 2.09. The number of nitro benzene ring substituents is 1. The molecular formula is C12H9BrN2O3. The van der Waals surface area contributed by atoms with Gasteiger partial charge in [-0.05, 0) is 28.1 Å². The smallest absolute Gasteiger partial charge is 0.270 e. The van der Waals surface area contributed by atoms with Gasteiger partial charge in [0.1, 0.15) is 4.60 Å². The number of ether oxygens (including phenoxy) is 1. The predicted octanol–water partition coefficient (Wildman–Crippen LogP) is 3.43. The number of rotatable bonds is 3. The van der Waals surface area contributed by atoms with Crippen molar-refractivity contribution in [2.45, 2.75) is 0 Å². The SMILES string of the molecule is COc1ccc(-c2cccc([N+](=O)[O-])c2)nc1Br. The number of non-ortho nitro benzene ring substituents is 1. The molecule has 1 aromatic carbocycles. The van der Waals surface area contributed by atoms with Crippen molar-refractivity contribution >= 4 is 21.6 Å². The van der Waals surface area contributed by atoms with Gasteiger partial charge in [0.2, 0.25) is 0 Å². The molecule has 1 aromatic heterocycles. The molecule has 0 spiro atoms. The molecule has 92 valence electrons. The number of aromatic nitrogens is 1. The van der Waals surface area contributed by atoms with Crippen LogP contribution in [0.3, 0.4) is 0 Å². The molecule has 0 aliphatic rings. The molecule has 18 heavy (non-hydrogen) atoms. The van der Waals surface area contributed by atoms with Crippen LogP contribution in [-0.2, 0) is 0 Å². The summed E-state index contributed by atoms with van der Waals surface area (Å²) in [7, 11) is 1.55. The Morgan fingerprint density at radius 3 is 2.72 bits per heavy atom. The van der Waals surface area contributed by atoms with Crippen LogP contribution in [0.1, 0.15) is 0 Å². The fourth-order valence-corrected chi connectivity index (χ4v) is 2.00. The summed E-state index contributed by atoms with van der Waals surface area (Å²) in [6.07, 6.45) is 0. The second kappa shape index (κ2) is 5.14. The van der Waals surface area contributed by atoms with E-state index in [1.54, 1.807) is 31.4 Å². The van der Waals surface area contributed by atoms with Crippen molar-refractivity contribution in [1.82, 2.24) is 4.98 Å². The molecule has 0 aliphatic heterocycles. The Kier molecular flexibility index (Phi) is 3.57. The van der Waals surface area contributed by atoms with E-state index in [9.17, 15) is 10.1 Å². The molecule has 0 fully saturated rings. The number of hydrogen-bond acceptors (Lipinski definition) is 4. The van der Waals surface area contributed by atoms with Crippen molar-refractivity contribution in [3.63, 3.8) is 0 Å². The van der Waals surface area contributed by atoms with Crippen molar-refractivity contribution in [1.29, 1.82) is 0 Å². The quantitative estimate of drug-likeness (QED) is 0.495. The number of hydrogen-bond donors (Lipinski definition) is 0. The average Bonchev–Trinajstić information content (AvgIpc) is 2.38. The molecular weight excluding hydrogens is 300 g/mol. The van der Waals surface area contributed by atoms with Gasteiger partial charge in [0.05, 0.1) is 17.7 Å². The molecule has 0 unspecified atom stereocenters. The van der Waals surface area contributed by atoms with Crippen LogP contribution in [0.5, 0.6) is 5.75 Å².